The van der Waals surface area contributed by atoms with Gasteiger partial charge in [-0.05, 0) is 31.2 Å². The molecule has 0 fully saturated rings. The Hall–Kier alpha value is -2.25. The number of esters is 1. The number of nitrogens with zero attached hydrogens (tertiary/aromatic N) is 1. The number of ether oxygens (including phenoxy) is 1. The summed E-state index contributed by atoms with van der Waals surface area (Å²) in [4.78, 5) is 39.5. The number of ketones is 1. The number of hydrogen-bond donors (Lipinski definition) is 1. The molecule has 2 rings (SSSR count). The molecule has 8 heteroatoms. The molecule has 1 N–H and O–H groups in total. The highest BCUT2D eigenvalue weighted by molar-refractivity contribution is 7.13. The molecule has 132 valence electrons. The number of halogens is 1. The topological polar surface area (TPSA) is 85.4 Å². The van der Waals surface area contributed by atoms with Crippen LogP contribution in [0.1, 0.15) is 35.8 Å². The van der Waals surface area contributed by atoms with E-state index in [2.05, 4.69) is 10.3 Å². The minimum absolute atomic E-state index is 0.0499. The minimum Gasteiger partial charge on any atom is -0.466 e. The van der Waals surface area contributed by atoms with Crippen LogP contribution in [0.15, 0.2) is 29.6 Å². The summed E-state index contributed by atoms with van der Waals surface area (Å²) >= 11 is 6.99. The predicted octanol–water partition coefficient (Wildman–Crippen LogP) is 3.50. The minimum atomic E-state index is -0.362. The van der Waals surface area contributed by atoms with Crippen molar-refractivity contribution in [1.82, 2.24) is 4.98 Å². The number of benzene rings is 1. The fourth-order valence-corrected chi connectivity index (χ4v) is 2.85. The molecule has 0 aliphatic carbocycles. The Morgan fingerprint density at radius 3 is 2.60 bits per heavy atom. The number of aromatic nitrogens is 1. The summed E-state index contributed by atoms with van der Waals surface area (Å²) in [5, 5.41) is 5.26. The Balaban J connectivity index is 1.80. The summed E-state index contributed by atoms with van der Waals surface area (Å²) in [7, 11) is 0. The van der Waals surface area contributed by atoms with Crippen molar-refractivity contribution in [3.8, 4) is 0 Å². The number of rotatable bonds is 8. The van der Waals surface area contributed by atoms with Crippen LogP contribution in [0.2, 0.25) is 5.02 Å². The first-order chi connectivity index (χ1) is 12.0. The summed E-state index contributed by atoms with van der Waals surface area (Å²) in [5.74, 6) is -0.799. The van der Waals surface area contributed by atoms with Gasteiger partial charge in [0.1, 0.15) is 0 Å². The third kappa shape index (κ3) is 6.28. The zero-order valence-corrected chi connectivity index (χ0v) is 15.2. The maximum Gasteiger partial charge on any atom is 0.311 e. The van der Waals surface area contributed by atoms with Crippen LogP contribution in [0.4, 0.5) is 5.13 Å². The second kappa shape index (κ2) is 9.29. The number of carbonyl (C=O) groups excluding carboxylic acids is 3. The van der Waals surface area contributed by atoms with E-state index in [-0.39, 0.29) is 36.9 Å². The van der Waals surface area contributed by atoms with Gasteiger partial charge in [-0.25, -0.2) is 4.98 Å². The second-order valence-corrected chi connectivity index (χ2v) is 6.40. The summed E-state index contributed by atoms with van der Waals surface area (Å²) in [5.41, 5.74) is 1.05. The first-order valence-corrected chi connectivity index (χ1v) is 8.92. The molecule has 0 atom stereocenters. The van der Waals surface area contributed by atoms with Crippen molar-refractivity contribution < 1.29 is 19.1 Å². The first-order valence-electron chi connectivity index (χ1n) is 7.66. The van der Waals surface area contributed by atoms with Crippen molar-refractivity contribution in [2.24, 2.45) is 0 Å². The van der Waals surface area contributed by atoms with Crippen LogP contribution in [-0.2, 0) is 20.7 Å². The molecular weight excluding hydrogens is 364 g/mol. The number of amides is 1. The van der Waals surface area contributed by atoms with E-state index in [1.54, 1.807) is 36.6 Å². The van der Waals surface area contributed by atoms with Gasteiger partial charge in [0.05, 0.1) is 18.7 Å². The van der Waals surface area contributed by atoms with Crippen LogP contribution in [0.3, 0.4) is 0 Å². The first kappa shape index (κ1) is 19.1. The molecule has 0 radical (unpaired) electrons. The molecule has 0 saturated carbocycles. The molecular formula is C17H17ClN2O4S. The zero-order chi connectivity index (χ0) is 18.2. The van der Waals surface area contributed by atoms with Crippen LogP contribution >= 0.6 is 22.9 Å². The molecule has 6 nitrogen and oxygen atoms in total. The Bertz CT molecular complexity index is 758. The average Bonchev–Trinajstić information content (AvgIpc) is 3.00. The van der Waals surface area contributed by atoms with Gasteiger partial charge in [0.2, 0.25) is 5.91 Å². The van der Waals surface area contributed by atoms with Crippen molar-refractivity contribution in [2.45, 2.75) is 26.2 Å². The quantitative estimate of drug-likeness (QED) is 0.559. The molecule has 1 aromatic heterocycles. The van der Waals surface area contributed by atoms with Crippen molar-refractivity contribution >= 4 is 45.7 Å². The molecule has 1 aromatic carbocycles. The highest BCUT2D eigenvalue weighted by Gasteiger charge is 2.12. The highest BCUT2D eigenvalue weighted by atomic mass is 35.5. The standard InChI is InChI=1S/C17H17ClN2O4S/c1-2-24-16(23)9-13-10-25-17(19-13)20-15(22)8-7-14(21)11-3-5-12(18)6-4-11/h3-6,10H,2,7-9H2,1H3,(H,19,20,22). The molecule has 0 aliphatic heterocycles. The summed E-state index contributed by atoms with van der Waals surface area (Å²) in [6.45, 7) is 2.05. The van der Waals surface area contributed by atoms with Crippen LogP contribution in [-0.4, -0.2) is 29.3 Å². The van der Waals surface area contributed by atoms with E-state index >= 15 is 0 Å². The fraction of sp³-hybridized carbons (Fsp3) is 0.294. The lowest BCUT2D eigenvalue weighted by molar-refractivity contribution is -0.142. The molecule has 0 saturated heterocycles. The average molecular weight is 381 g/mol. The number of anilines is 1. The SMILES string of the molecule is CCOC(=O)Cc1csc(NC(=O)CCC(=O)c2ccc(Cl)cc2)n1. The van der Waals surface area contributed by atoms with Gasteiger partial charge in [0.25, 0.3) is 0 Å². The molecule has 0 spiro atoms. The molecule has 1 amide bonds. The summed E-state index contributed by atoms with van der Waals surface area (Å²) in [6, 6.07) is 6.53. The van der Waals surface area contributed by atoms with Crippen LogP contribution in [0, 0.1) is 0 Å². The number of nitrogens with one attached hydrogen (secondary N) is 1. The third-order valence-electron chi connectivity index (χ3n) is 3.17. The van der Waals surface area contributed by atoms with E-state index in [1.165, 1.54) is 11.3 Å². The Labute approximate surface area is 154 Å². The predicted molar refractivity (Wildman–Crippen MR) is 96.1 cm³/mol. The lowest BCUT2D eigenvalue weighted by atomic mass is 10.1. The van der Waals surface area contributed by atoms with E-state index in [9.17, 15) is 14.4 Å². The lowest BCUT2D eigenvalue weighted by Crippen LogP contribution is -2.13. The number of hydrogen-bond acceptors (Lipinski definition) is 6. The zero-order valence-electron chi connectivity index (χ0n) is 13.6. The van der Waals surface area contributed by atoms with Crippen LogP contribution in [0.5, 0.6) is 0 Å². The van der Waals surface area contributed by atoms with Gasteiger partial charge in [-0.2, -0.15) is 0 Å². The number of Topliss-reactive ketones (excluding diaryl/α,β-unsaturated/α-hetero) is 1. The summed E-state index contributed by atoms with van der Waals surface area (Å²) in [6.07, 6.45) is 0.206. The van der Waals surface area contributed by atoms with Gasteiger partial charge in [-0.15, -0.1) is 11.3 Å². The largest absolute Gasteiger partial charge is 0.466 e. The second-order valence-electron chi connectivity index (χ2n) is 5.10. The number of thiazole rings is 1. The molecule has 1 heterocycles. The Morgan fingerprint density at radius 1 is 1.20 bits per heavy atom. The van der Waals surface area contributed by atoms with E-state index in [4.69, 9.17) is 16.3 Å². The van der Waals surface area contributed by atoms with Crippen LogP contribution in [0.25, 0.3) is 0 Å². The van der Waals surface area contributed by atoms with Crippen molar-refractivity contribution in [3.05, 3.63) is 45.9 Å². The third-order valence-corrected chi connectivity index (χ3v) is 4.23. The van der Waals surface area contributed by atoms with Crippen molar-refractivity contribution in [3.63, 3.8) is 0 Å². The van der Waals surface area contributed by atoms with Gasteiger partial charge < -0.3 is 10.1 Å². The van der Waals surface area contributed by atoms with Crippen molar-refractivity contribution in [2.75, 3.05) is 11.9 Å². The molecule has 0 unspecified atom stereocenters. The molecule has 2 aromatic rings. The van der Waals surface area contributed by atoms with Crippen LogP contribution < -0.4 is 5.32 Å². The fourth-order valence-electron chi connectivity index (χ4n) is 1.99. The Morgan fingerprint density at radius 2 is 1.92 bits per heavy atom. The van der Waals surface area contributed by atoms with E-state index in [1.807, 2.05) is 0 Å². The van der Waals surface area contributed by atoms with E-state index < -0.39 is 0 Å². The number of carbonyl (C=O) groups is 3. The normalized spacial score (nSPS) is 10.3. The highest BCUT2D eigenvalue weighted by Crippen LogP contribution is 2.17. The van der Waals surface area contributed by atoms with Gasteiger partial charge in [0.15, 0.2) is 10.9 Å². The smallest absolute Gasteiger partial charge is 0.311 e. The van der Waals surface area contributed by atoms with Crippen molar-refractivity contribution in [1.29, 1.82) is 0 Å². The monoisotopic (exact) mass is 380 g/mol. The lowest BCUT2D eigenvalue weighted by Gasteiger charge is -2.02. The van der Waals surface area contributed by atoms with Gasteiger partial charge in [0, 0.05) is 28.8 Å². The molecule has 0 aliphatic rings. The van der Waals surface area contributed by atoms with Gasteiger partial charge >= 0.3 is 5.97 Å². The Kier molecular flexibility index (Phi) is 7.09. The molecule has 0 bridgehead atoms. The molecule has 25 heavy (non-hydrogen) atoms. The summed E-state index contributed by atoms with van der Waals surface area (Å²) < 4.78 is 4.84. The van der Waals surface area contributed by atoms with Gasteiger partial charge in [-0.3, -0.25) is 14.4 Å². The van der Waals surface area contributed by atoms with Gasteiger partial charge in [-0.1, -0.05) is 11.6 Å². The van der Waals surface area contributed by atoms with E-state index in [0.29, 0.717) is 28.0 Å². The van der Waals surface area contributed by atoms with E-state index in [0.717, 1.165) is 0 Å². The maximum absolute atomic E-state index is 12.0. The maximum atomic E-state index is 12.0.